The molecule has 3 aromatic carbocycles. The maximum atomic E-state index is 16.9. The van der Waals surface area contributed by atoms with E-state index in [4.69, 9.17) is 25.7 Å². The predicted octanol–water partition coefficient (Wildman–Crippen LogP) is 7.83. The van der Waals surface area contributed by atoms with Crippen molar-refractivity contribution in [1.29, 1.82) is 5.26 Å². The number of aromatic nitrogens is 3. The number of nitriles is 1. The summed E-state index contributed by atoms with van der Waals surface area (Å²) in [4.78, 5) is 71.2. The number of para-hydroxylation sites is 1. The van der Waals surface area contributed by atoms with E-state index in [2.05, 4.69) is 48.0 Å². The molecule has 26 heteroatoms. The molecule has 6 N–H and O–H groups in total. The van der Waals surface area contributed by atoms with Gasteiger partial charge in [-0.25, -0.2) is 13.8 Å². The van der Waals surface area contributed by atoms with Crippen molar-refractivity contribution in [2.75, 3.05) is 99.9 Å². The third-order valence-electron chi connectivity index (χ3n) is 16.9. The minimum atomic E-state index is -5.22. The van der Waals surface area contributed by atoms with E-state index in [1.807, 2.05) is 24.1 Å². The van der Waals surface area contributed by atoms with Crippen molar-refractivity contribution in [3.8, 4) is 29.0 Å². The second-order valence-corrected chi connectivity index (χ2v) is 23.1. The zero-order valence-electron chi connectivity index (χ0n) is 47.9. The molecule has 5 aliphatic rings. The van der Waals surface area contributed by atoms with Crippen LogP contribution in [0.4, 0.5) is 50.0 Å². The highest BCUT2D eigenvalue weighted by Crippen LogP contribution is 2.54. The molecule has 4 amide bonds. The minimum absolute atomic E-state index is 0.0203. The summed E-state index contributed by atoms with van der Waals surface area (Å²) in [6.45, 7) is 10.4. The van der Waals surface area contributed by atoms with Crippen LogP contribution in [-0.2, 0) is 30.1 Å². The van der Waals surface area contributed by atoms with Crippen LogP contribution in [0.15, 0.2) is 61.3 Å². The number of likely N-dealkylation sites (tertiary alicyclic amines) is 1. The van der Waals surface area contributed by atoms with Gasteiger partial charge in [-0.2, -0.15) is 28.4 Å². The number of nitrogens with one attached hydrogen (secondary N) is 2. The first-order valence-corrected chi connectivity index (χ1v) is 29.1. The maximum absolute atomic E-state index is 16.9. The Morgan fingerprint density at radius 1 is 1.07 bits per heavy atom. The predicted molar refractivity (Wildman–Crippen MR) is 316 cm³/mol. The van der Waals surface area contributed by atoms with Crippen LogP contribution in [0.1, 0.15) is 86.1 Å². The normalized spacial score (nSPS) is 20.3. The van der Waals surface area contributed by atoms with Crippen molar-refractivity contribution in [3.63, 3.8) is 0 Å². The average Bonchev–Trinajstić information content (AvgIpc) is 1.23. The number of halogens is 5. The van der Waals surface area contributed by atoms with Gasteiger partial charge in [0.15, 0.2) is 5.82 Å². The van der Waals surface area contributed by atoms with Crippen molar-refractivity contribution in [3.05, 3.63) is 95.2 Å². The van der Waals surface area contributed by atoms with Gasteiger partial charge in [0.2, 0.25) is 24.1 Å². The number of hydrogen-bond acceptors (Lipinski definition) is 18. The molecule has 0 saturated carbocycles. The number of anilines is 5. The van der Waals surface area contributed by atoms with Gasteiger partial charge < -0.3 is 45.7 Å². The van der Waals surface area contributed by atoms with E-state index in [1.165, 1.54) is 43.7 Å². The first-order valence-electron chi connectivity index (χ1n) is 28.3. The van der Waals surface area contributed by atoms with Gasteiger partial charge in [-0.3, -0.25) is 34.3 Å². The number of pyridine rings is 1. The highest BCUT2D eigenvalue weighted by Gasteiger charge is 2.46. The summed E-state index contributed by atoms with van der Waals surface area (Å²) < 4.78 is 94.4. The lowest BCUT2D eigenvalue weighted by molar-refractivity contribution is -0.138. The van der Waals surface area contributed by atoms with Crippen LogP contribution in [0.3, 0.4) is 0 Å². The molecule has 4 unspecified atom stereocenters. The SMILES string of the molecule is C=C[C@H]1COc2c(C(F)(F)F)c(-c3ccc(F)c4sc(N)c(C#N)c34)c(F)c3nc(OC)nc(c23)N1C(C)c1cccnc1N.CN(C=O)c1cccc(C2CCN(CC(=O)NCCOC3CC4CCCN4C3)CC2)c1N(C)C1CCC(=O)NC1=O. The zero-order chi connectivity index (χ0) is 61.3. The second kappa shape index (κ2) is 25.4. The molecule has 8 heterocycles. The van der Waals surface area contributed by atoms with Crippen LogP contribution in [0, 0.1) is 23.0 Å². The van der Waals surface area contributed by atoms with Gasteiger partial charge in [0.25, 0.3) is 0 Å². The van der Waals surface area contributed by atoms with Gasteiger partial charge in [0.05, 0.1) is 65.5 Å². The Labute approximate surface area is 496 Å². The number of nitrogen functional groups attached to an aromatic ring is 2. The van der Waals surface area contributed by atoms with Crippen molar-refractivity contribution >= 4 is 84.5 Å². The fourth-order valence-electron chi connectivity index (χ4n) is 12.8. The van der Waals surface area contributed by atoms with E-state index in [0.717, 1.165) is 74.4 Å². The van der Waals surface area contributed by atoms with Gasteiger partial charge in [0.1, 0.15) is 58.0 Å². The molecule has 0 radical (unpaired) electrons. The number of carbonyl (C=O) groups is 4. The largest absolute Gasteiger partial charge is 0.490 e. The highest BCUT2D eigenvalue weighted by atomic mass is 32.1. The first kappa shape index (κ1) is 60.9. The minimum Gasteiger partial charge on any atom is -0.490 e. The average molecular weight is 1210 g/mol. The third kappa shape index (κ3) is 11.9. The van der Waals surface area contributed by atoms with Crippen LogP contribution < -0.4 is 46.3 Å². The van der Waals surface area contributed by atoms with E-state index in [0.29, 0.717) is 55.2 Å². The summed E-state index contributed by atoms with van der Waals surface area (Å²) in [5.74, 6) is -3.31. The van der Waals surface area contributed by atoms with E-state index < -0.39 is 63.9 Å². The third-order valence-corrected chi connectivity index (χ3v) is 18.0. The van der Waals surface area contributed by atoms with Gasteiger partial charge in [0, 0.05) is 62.4 Å². The number of fused-ring (bicyclic) bond motifs is 2. The van der Waals surface area contributed by atoms with E-state index in [-0.39, 0.29) is 80.4 Å². The Hall–Kier alpha value is -8.25. The first-order chi connectivity index (χ1) is 41.3. The van der Waals surface area contributed by atoms with Crippen molar-refractivity contribution in [1.82, 2.24) is 35.4 Å². The van der Waals surface area contributed by atoms with Crippen molar-refractivity contribution in [2.45, 2.75) is 94.2 Å². The van der Waals surface area contributed by atoms with Crippen molar-refractivity contribution in [2.24, 2.45) is 0 Å². The molecule has 0 spiro atoms. The number of rotatable bonds is 16. The Balaban J connectivity index is 0.000000192. The summed E-state index contributed by atoms with van der Waals surface area (Å²) in [5, 5.41) is 14.5. The maximum Gasteiger partial charge on any atom is 0.420 e. The molecular weight excluding hydrogens is 1140 g/mol. The van der Waals surface area contributed by atoms with Crippen LogP contribution in [0.25, 0.3) is 32.1 Å². The molecule has 5 aliphatic heterocycles. The number of piperidine rings is 2. The topological polar surface area (TPSA) is 251 Å². The number of nitrogens with two attached hydrogens (primary N) is 2. The molecule has 0 aliphatic carbocycles. The smallest absolute Gasteiger partial charge is 0.420 e. The van der Waals surface area contributed by atoms with E-state index in [9.17, 15) is 28.8 Å². The van der Waals surface area contributed by atoms with Crippen LogP contribution >= 0.6 is 11.3 Å². The molecular formula is C60H66F5N13O7S. The number of imide groups is 1. The number of benzene rings is 3. The summed E-state index contributed by atoms with van der Waals surface area (Å²) in [6, 6.07) is 11.3. The number of thiophene rings is 1. The van der Waals surface area contributed by atoms with E-state index in [1.54, 1.807) is 37.1 Å². The van der Waals surface area contributed by atoms with E-state index >= 15 is 17.6 Å². The number of alkyl halides is 3. The zero-order valence-corrected chi connectivity index (χ0v) is 48.7. The molecule has 6 aromatic rings. The molecule has 0 bridgehead atoms. The summed E-state index contributed by atoms with van der Waals surface area (Å²) in [7, 11) is 4.79. The molecule has 4 fully saturated rings. The molecule has 5 atom stereocenters. The molecule has 86 heavy (non-hydrogen) atoms. The number of ether oxygens (including phenoxy) is 3. The molecule has 20 nitrogen and oxygen atoms in total. The Morgan fingerprint density at radius 2 is 1.85 bits per heavy atom. The Morgan fingerprint density at radius 3 is 2.53 bits per heavy atom. The van der Waals surface area contributed by atoms with Gasteiger partial charge in [-0.15, -0.1) is 17.9 Å². The van der Waals surface area contributed by atoms with Gasteiger partial charge in [-0.1, -0.05) is 30.3 Å². The number of carbonyl (C=O) groups excluding carboxylic acids is 4. The number of amides is 4. The summed E-state index contributed by atoms with van der Waals surface area (Å²) >= 11 is 0.667. The van der Waals surface area contributed by atoms with Gasteiger partial charge in [-0.05, 0) is 100 Å². The van der Waals surface area contributed by atoms with Crippen molar-refractivity contribution < 1.29 is 55.3 Å². The number of hydrogen-bond donors (Lipinski definition) is 4. The second-order valence-electron chi connectivity index (χ2n) is 22.0. The molecule has 454 valence electrons. The molecule has 11 rings (SSSR count). The molecule has 4 saturated heterocycles. The van der Waals surface area contributed by atoms with Crippen LogP contribution in [0.2, 0.25) is 0 Å². The summed E-state index contributed by atoms with van der Waals surface area (Å²) in [6.07, 6.45) is 4.92. The van der Waals surface area contributed by atoms with Gasteiger partial charge >= 0.3 is 12.2 Å². The fraction of sp³-hybridized carbons (Fsp3) is 0.433. The number of methoxy groups -OCH3 is 1. The Kier molecular flexibility index (Phi) is 18.0. The quantitative estimate of drug-likeness (QED) is 0.0237. The standard InChI is InChI=1S/C30H22F5N7O2S.C30H44N6O5/c1-4-13-11-44-24-20-23(40-29(43-3)41-28(20)42(13)12(2)14-6-5-9-39-26(14)37)22(32)19(21(24)30(33,34)35)15-7-8-17(31)25-18(15)16(10-36)27(38)45-25;1-33(20-37)25-7-3-6-24(29(25)34(2)26-8-9-27(38)32-30(26)40)21-10-14-35(15-11-21)19-28(39)31-12-16-41-23-17-22-5-4-13-36(22)18-23/h4-9,12-13H,1,11,38H2,2-3H3,(H2,37,39);3,6-7,20-23,26H,4-5,8-19H2,1-2H3,(H,31,39)(H,32,38,40)/t12?,13-;/m0./s1. The fourth-order valence-corrected chi connectivity index (χ4v) is 13.7. The number of likely N-dealkylation sites (N-methyl/N-ethyl adjacent to an activating group) is 1. The number of nitrogens with zero attached hydrogens (tertiary/aromatic N) is 9. The Bertz CT molecular complexity index is 3640. The lowest BCUT2D eigenvalue weighted by atomic mass is 9.86. The lowest BCUT2D eigenvalue weighted by Gasteiger charge is -2.38. The van der Waals surface area contributed by atoms with Crippen LogP contribution in [-0.4, -0.2) is 147 Å². The monoisotopic (exact) mass is 1210 g/mol. The summed E-state index contributed by atoms with van der Waals surface area (Å²) in [5.41, 5.74) is 11.5. The highest BCUT2D eigenvalue weighted by molar-refractivity contribution is 7.23. The lowest BCUT2D eigenvalue weighted by Crippen LogP contribution is -2.52. The molecule has 3 aromatic heterocycles. The van der Waals surface area contributed by atoms with Crippen LogP contribution in [0.5, 0.6) is 11.8 Å².